The summed E-state index contributed by atoms with van der Waals surface area (Å²) in [6, 6.07) is 18.7. The Morgan fingerprint density at radius 2 is 1.92 bits per heavy atom. The minimum absolute atomic E-state index is 0.398. The number of ether oxygens (including phenoxy) is 1. The predicted octanol–water partition coefficient (Wildman–Crippen LogP) is 3.14. The summed E-state index contributed by atoms with van der Waals surface area (Å²) in [5.41, 5.74) is 4.41. The molecule has 2 N–H and O–H groups in total. The number of pyridine rings is 1. The fraction of sp³-hybridized carbons (Fsp3) is 0.0556. The average Bonchev–Trinajstić information content (AvgIpc) is 2.61. The number of carboxylic acids is 1. The van der Waals surface area contributed by atoms with Gasteiger partial charge in [-0.15, -0.1) is 0 Å². The lowest BCUT2D eigenvalue weighted by Gasteiger charge is -2.06. The molecule has 1 heterocycles. The molecule has 0 aliphatic carbocycles. The van der Waals surface area contributed by atoms with Crippen LogP contribution in [0.25, 0.3) is 10.9 Å². The van der Waals surface area contributed by atoms with Crippen molar-refractivity contribution in [3.8, 4) is 5.75 Å². The van der Waals surface area contributed by atoms with Crippen molar-refractivity contribution in [2.45, 2.75) is 0 Å². The average molecular weight is 321 g/mol. The van der Waals surface area contributed by atoms with Gasteiger partial charge in [-0.1, -0.05) is 30.3 Å². The molecule has 0 radical (unpaired) electrons. The number of carboxylic acid groups (broad SMARTS) is 1. The number of nitrogens with zero attached hydrogens (tertiary/aromatic N) is 2. The van der Waals surface area contributed by atoms with Gasteiger partial charge in [0.2, 0.25) is 0 Å². The molecule has 0 saturated heterocycles. The predicted molar refractivity (Wildman–Crippen MR) is 92.5 cm³/mol. The molecule has 0 fully saturated rings. The maximum absolute atomic E-state index is 10.6. The van der Waals surface area contributed by atoms with Crippen LogP contribution in [0.3, 0.4) is 0 Å². The molecule has 0 aliphatic rings. The van der Waals surface area contributed by atoms with E-state index < -0.39 is 12.6 Å². The Morgan fingerprint density at radius 3 is 2.79 bits per heavy atom. The molecule has 3 rings (SSSR count). The van der Waals surface area contributed by atoms with Crippen LogP contribution >= 0.6 is 0 Å². The largest absolute Gasteiger partial charge is 0.481 e. The summed E-state index contributed by atoms with van der Waals surface area (Å²) >= 11 is 0. The van der Waals surface area contributed by atoms with Crippen molar-refractivity contribution in [3.05, 3.63) is 66.2 Å². The first-order chi connectivity index (χ1) is 11.7. The van der Waals surface area contributed by atoms with E-state index in [1.165, 1.54) is 0 Å². The van der Waals surface area contributed by atoms with Gasteiger partial charge in [-0.25, -0.2) is 9.78 Å². The lowest BCUT2D eigenvalue weighted by atomic mass is 10.2. The van der Waals surface area contributed by atoms with E-state index >= 15 is 0 Å². The Balaban J connectivity index is 1.72. The molecule has 0 bridgehead atoms. The first-order valence-corrected chi connectivity index (χ1v) is 7.31. The number of aliphatic carboxylic acids is 1. The second kappa shape index (κ2) is 7.23. The van der Waals surface area contributed by atoms with Crippen LogP contribution in [0.2, 0.25) is 0 Å². The van der Waals surface area contributed by atoms with Gasteiger partial charge in [0.25, 0.3) is 0 Å². The first-order valence-electron chi connectivity index (χ1n) is 7.31. The molecule has 3 aromatic rings. The van der Waals surface area contributed by atoms with Gasteiger partial charge in [-0.05, 0) is 30.3 Å². The summed E-state index contributed by atoms with van der Waals surface area (Å²) in [5, 5.41) is 13.9. The van der Waals surface area contributed by atoms with E-state index in [1.54, 1.807) is 24.4 Å². The Kier molecular flexibility index (Phi) is 4.67. The zero-order valence-corrected chi connectivity index (χ0v) is 12.7. The SMILES string of the molecule is O=C(O)COc1ccccc1/C=N\Nc1ccc2ccccc2n1. The molecule has 0 saturated carbocycles. The van der Waals surface area contributed by atoms with Crippen molar-refractivity contribution < 1.29 is 14.6 Å². The minimum Gasteiger partial charge on any atom is -0.481 e. The molecule has 1 aromatic heterocycles. The lowest BCUT2D eigenvalue weighted by Crippen LogP contribution is -2.10. The first kappa shape index (κ1) is 15.5. The Bertz CT molecular complexity index is 893. The number of hydrogen-bond acceptors (Lipinski definition) is 5. The van der Waals surface area contributed by atoms with Crippen molar-refractivity contribution in [1.82, 2.24) is 4.98 Å². The molecule has 0 aliphatic heterocycles. The molecule has 0 spiro atoms. The summed E-state index contributed by atoms with van der Waals surface area (Å²) in [7, 11) is 0. The third kappa shape index (κ3) is 3.86. The van der Waals surface area contributed by atoms with Crippen molar-refractivity contribution in [2.24, 2.45) is 5.10 Å². The molecule has 0 atom stereocenters. The lowest BCUT2D eigenvalue weighted by molar-refractivity contribution is -0.139. The smallest absolute Gasteiger partial charge is 0.341 e. The number of hydrazone groups is 1. The fourth-order valence-corrected chi connectivity index (χ4v) is 2.15. The number of aromatic nitrogens is 1. The van der Waals surface area contributed by atoms with Crippen LogP contribution < -0.4 is 10.2 Å². The van der Waals surface area contributed by atoms with Crippen molar-refractivity contribution in [2.75, 3.05) is 12.0 Å². The van der Waals surface area contributed by atoms with Crippen LogP contribution in [0.15, 0.2) is 65.8 Å². The highest BCUT2D eigenvalue weighted by atomic mass is 16.5. The molecular formula is C18H15N3O3. The van der Waals surface area contributed by atoms with E-state index in [9.17, 15) is 4.79 Å². The standard InChI is InChI=1S/C18H15N3O3/c22-18(23)12-24-16-8-4-2-6-14(16)11-19-21-17-10-9-13-5-1-3-7-15(13)20-17/h1-11H,12H2,(H,20,21)(H,22,23)/b19-11-. The van der Waals surface area contributed by atoms with Crippen LogP contribution in [0.1, 0.15) is 5.56 Å². The normalized spacial score (nSPS) is 10.8. The third-order valence-electron chi connectivity index (χ3n) is 3.25. The summed E-state index contributed by atoms with van der Waals surface area (Å²) in [6.07, 6.45) is 1.56. The zero-order valence-electron chi connectivity index (χ0n) is 12.7. The number of carbonyl (C=O) groups is 1. The van der Waals surface area contributed by atoms with Gasteiger partial charge in [0.1, 0.15) is 11.6 Å². The molecular weight excluding hydrogens is 306 g/mol. The molecule has 120 valence electrons. The Hall–Kier alpha value is -3.41. The van der Waals surface area contributed by atoms with Crippen LogP contribution in [0.4, 0.5) is 5.82 Å². The van der Waals surface area contributed by atoms with Gasteiger partial charge in [0.15, 0.2) is 6.61 Å². The Morgan fingerprint density at radius 1 is 1.12 bits per heavy atom. The second-order valence-electron chi connectivity index (χ2n) is 4.98. The number of anilines is 1. The quantitative estimate of drug-likeness (QED) is 0.538. The topological polar surface area (TPSA) is 83.8 Å². The number of rotatable bonds is 6. The maximum atomic E-state index is 10.6. The van der Waals surface area contributed by atoms with E-state index in [0.29, 0.717) is 17.1 Å². The van der Waals surface area contributed by atoms with Gasteiger partial charge in [0.05, 0.1) is 11.7 Å². The maximum Gasteiger partial charge on any atom is 0.341 e. The van der Waals surface area contributed by atoms with Gasteiger partial charge in [0, 0.05) is 10.9 Å². The van der Waals surface area contributed by atoms with Crippen molar-refractivity contribution in [3.63, 3.8) is 0 Å². The monoisotopic (exact) mass is 321 g/mol. The molecule has 24 heavy (non-hydrogen) atoms. The van der Waals surface area contributed by atoms with Crippen molar-refractivity contribution >= 4 is 28.9 Å². The molecule has 6 nitrogen and oxygen atoms in total. The van der Waals surface area contributed by atoms with Gasteiger partial charge in [-0.2, -0.15) is 5.10 Å². The number of fused-ring (bicyclic) bond motifs is 1. The van der Waals surface area contributed by atoms with Crippen LogP contribution in [-0.4, -0.2) is 28.9 Å². The summed E-state index contributed by atoms with van der Waals surface area (Å²) in [5.74, 6) is 0.0473. The number of benzene rings is 2. The van der Waals surface area contributed by atoms with Gasteiger partial charge in [-0.3, -0.25) is 5.43 Å². The number of nitrogens with one attached hydrogen (secondary N) is 1. The molecule has 2 aromatic carbocycles. The van der Waals surface area contributed by atoms with Gasteiger partial charge >= 0.3 is 5.97 Å². The fourth-order valence-electron chi connectivity index (χ4n) is 2.15. The molecule has 0 amide bonds. The summed E-state index contributed by atoms with van der Waals surface area (Å²) in [6.45, 7) is -0.398. The van der Waals surface area contributed by atoms with Gasteiger partial charge < -0.3 is 9.84 Å². The van der Waals surface area contributed by atoms with Crippen LogP contribution in [-0.2, 0) is 4.79 Å². The summed E-state index contributed by atoms with van der Waals surface area (Å²) < 4.78 is 5.22. The summed E-state index contributed by atoms with van der Waals surface area (Å²) in [4.78, 5) is 15.1. The van der Waals surface area contributed by atoms with E-state index in [0.717, 1.165) is 10.9 Å². The van der Waals surface area contributed by atoms with Crippen LogP contribution in [0, 0.1) is 0 Å². The highest BCUT2D eigenvalue weighted by Crippen LogP contribution is 2.17. The molecule has 0 unspecified atom stereocenters. The highest BCUT2D eigenvalue weighted by molar-refractivity contribution is 5.84. The van der Waals surface area contributed by atoms with E-state index in [-0.39, 0.29) is 0 Å². The second-order valence-corrected chi connectivity index (χ2v) is 4.98. The van der Waals surface area contributed by atoms with E-state index in [1.807, 2.05) is 42.5 Å². The van der Waals surface area contributed by atoms with Crippen molar-refractivity contribution in [1.29, 1.82) is 0 Å². The van der Waals surface area contributed by atoms with Crippen LogP contribution in [0.5, 0.6) is 5.75 Å². The minimum atomic E-state index is -1.03. The highest BCUT2D eigenvalue weighted by Gasteiger charge is 2.03. The number of para-hydroxylation sites is 2. The molecule has 6 heteroatoms. The van der Waals surface area contributed by atoms with E-state index in [2.05, 4.69) is 15.5 Å². The Labute approximate surface area is 138 Å². The zero-order chi connectivity index (χ0) is 16.8. The third-order valence-corrected chi connectivity index (χ3v) is 3.25. The number of hydrogen-bond donors (Lipinski definition) is 2. The van der Waals surface area contributed by atoms with E-state index in [4.69, 9.17) is 9.84 Å².